The van der Waals surface area contributed by atoms with Crippen LogP contribution in [0.1, 0.15) is 18.9 Å². The third-order valence-corrected chi connectivity index (χ3v) is 4.12. The fourth-order valence-corrected chi connectivity index (χ4v) is 2.71. The Labute approximate surface area is 144 Å². The first kappa shape index (κ1) is 15.4. The summed E-state index contributed by atoms with van der Waals surface area (Å²) in [6.45, 7) is 1.27. The van der Waals surface area contributed by atoms with Crippen molar-refractivity contribution in [2.75, 3.05) is 11.9 Å². The normalized spacial score (nSPS) is 13.6. The summed E-state index contributed by atoms with van der Waals surface area (Å²) in [6, 6.07) is 11.6. The van der Waals surface area contributed by atoms with Crippen LogP contribution in [0.5, 0.6) is 0 Å². The number of para-hydroxylation sites is 1. The van der Waals surface area contributed by atoms with Gasteiger partial charge in [-0.3, -0.25) is 0 Å². The first-order valence-corrected chi connectivity index (χ1v) is 8.34. The Morgan fingerprint density at radius 1 is 1.16 bits per heavy atom. The summed E-state index contributed by atoms with van der Waals surface area (Å²) in [5.74, 6) is 0.686. The molecule has 1 aliphatic rings. The van der Waals surface area contributed by atoms with Crippen LogP contribution in [0.3, 0.4) is 0 Å². The number of hydrogen-bond donors (Lipinski definition) is 2. The Bertz CT molecular complexity index is 852. The number of amides is 2. The summed E-state index contributed by atoms with van der Waals surface area (Å²) in [6.07, 6.45) is 6.11. The fourth-order valence-electron chi connectivity index (χ4n) is 2.71. The predicted molar refractivity (Wildman–Crippen MR) is 93.0 cm³/mol. The third-order valence-electron chi connectivity index (χ3n) is 4.12. The molecule has 0 spiro atoms. The van der Waals surface area contributed by atoms with Crippen LogP contribution in [-0.4, -0.2) is 37.4 Å². The van der Waals surface area contributed by atoms with Crippen LogP contribution in [0.4, 0.5) is 10.5 Å². The highest BCUT2D eigenvalue weighted by Crippen LogP contribution is 2.37. The Hall–Kier alpha value is -3.16. The number of aromatic nitrogens is 5. The second-order valence-electron chi connectivity index (χ2n) is 6.03. The first-order chi connectivity index (χ1) is 12.3. The van der Waals surface area contributed by atoms with Crippen molar-refractivity contribution in [3.63, 3.8) is 0 Å². The highest BCUT2D eigenvalue weighted by Gasteiger charge is 2.29. The van der Waals surface area contributed by atoms with E-state index in [1.165, 1.54) is 0 Å². The summed E-state index contributed by atoms with van der Waals surface area (Å²) in [7, 11) is 0. The Morgan fingerprint density at radius 2 is 1.96 bits per heavy atom. The number of carbonyl (C=O) groups excluding carboxylic acids is 1. The monoisotopic (exact) mass is 337 g/mol. The van der Waals surface area contributed by atoms with Crippen molar-refractivity contribution in [1.29, 1.82) is 0 Å². The summed E-state index contributed by atoms with van der Waals surface area (Å²) < 4.78 is 3.85. The minimum absolute atomic E-state index is 0.245. The van der Waals surface area contributed by atoms with Crippen LogP contribution in [-0.2, 0) is 6.54 Å². The van der Waals surface area contributed by atoms with Crippen LogP contribution >= 0.6 is 0 Å². The van der Waals surface area contributed by atoms with E-state index in [2.05, 4.69) is 26.2 Å². The molecule has 1 fully saturated rings. The predicted octanol–water partition coefficient (Wildman–Crippen LogP) is 2.30. The van der Waals surface area contributed by atoms with E-state index >= 15 is 0 Å². The molecule has 2 aromatic heterocycles. The molecule has 8 heteroatoms. The number of anilines is 1. The lowest BCUT2D eigenvalue weighted by Crippen LogP contribution is -2.31. The van der Waals surface area contributed by atoms with Crippen LogP contribution in [0, 0.1) is 0 Å². The van der Waals surface area contributed by atoms with E-state index in [0.29, 0.717) is 24.1 Å². The smallest absolute Gasteiger partial charge is 0.319 e. The molecule has 1 saturated carbocycles. The molecule has 2 heterocycles. The molecule has 0 radical (unpaired) electrons. The molecule has 0 atom stereocenters. The maximum Gasteiger partial charge on any atom is 0.319 e. The topological polar surface area (TPSA) is 89.7 Å². The van der Waals surface area contributed by atoms with Gasteiger partial charge in [0.05, 0.1) is 11.7 Å². The van der Waals surface area contributed by atoms with Crippen molar-refractivity contribution in [3.05, 3.63) is 48.8 Å². The molecule has 0 unspecified atom stereocenters. The standard InChI is InChI=1S/C17H19N7O/c25-17(18-9-12-23-10-3-4-11-23)19-15-6-2-1-5-14(15)16-20-21-22-24(16)13-7-8-13/h1-6,10-11,13H,7-9,12H2,(H2,18,19,25). The molecule has 8 nitrogen and oxygen atoms in total. The van der Waals surface area contributed by atoms with Gasteiger partial charge in [0.2, 0.25) is 0 Å². The Morgan fingerprint density at radius 3 is 2.76 bits per heavy atom. The lowest BCUT2D eigenvalue weighted by Gasteiger charge is -2.12. The van der Waals surface area contributed by atoms with Crippen LogP contribution in [0.25, 0.3) is 11.4 Å². The van der Waals surface area contributed by atoms with Crippen molar-refractivity contribution >= 4 is 11.7 Å². The number of nitrogens with zero attached hydrogens (tertiary/aromatic N) is 5. The van der Waals surface area contributed by atoms with Crippen molar-refractivity contribution in [1.82, 2.24) is 30.1 Å². The molecule has 4 rings (SSSR count). The third kappa shape index (κ3) is 3.52. The van der Waals surface area contributed by atoms with Gasteiger partial charge in [-0.2, -0.15) is 0 Å². The second-order valence-corrected chi connectivity index (χ2v) is 6.03. The molecule has 128 valence electrons. The molecular weight excluding hydrogens is 318 g/mol. The summed E-state index contributed by atoms with van der Waals surface area (Å²) in [5.41, 5.74) is 1.51. The van der Waals surface area contributed by atoms with E-state index in [4.69, 9.17) is 0 Å². The van der Waals surface area contributed by atoms with Gasteiger partial charge in [0.15, 0.2) is 5.82 Å². The van der Waals surface area contributed by atoms with E-state index in [9.17, 15) is 4.79 Å². The lowest BCUT2D eigenvalue weighted by atomic mass is 10.1. The van der Waals surface area contributed by atoms with Gasteiger partial charge >= 0.3 is 6.03 Å². The van der Waals surface area contributed by atoms with Crippen molar-refractivity contribution < 1.29 is 4.79 Å². The van der Waals surface area contributed by atoms with E-state index in [0.717, 1.165) is 24.9 Å². The molecule has 1 aromatic carbocycles. The highest BCUT2D eigenvalue weighted by molar-refractivity contribution is 5.93. The SMILES string of the molecule is O=C(NCCn1cccc1)Nc1ccccc1-c1nnnn1C1CC1. The Kier molecular flexibility index (Phi) is 4.16. The molecular formula is C17H19N7O. The molecule has 0 bridgehead atoms. The van der Waals surface area contributed by atoms with Crippen LogP contribution < -0.4 is 10.6 Å². The lowest BCUT2D eigenvalue weighted by molar-refractivity contribution is 0.251. The van der Waals surface area contributed by atoms with E-state index < -0.39 is 0 Å². The molecule has 1 aliphatic carbocycles. The zero-order valence-electron chi connectivity index (χ0n) is 13.7. The van der Waals surface area contributed by atoms with Crippen molar-refractivity contribution in [2.24, 2.45) is 0 Å². The minimum Gasteiger partial charge on any atom is -0.353 e. The number of urea groups is 1. The number of hydrogen-bond acceptors (Lipinski definition) is 4. The van der Waals surface area contributed by atoms with Crippen molar-refractivity contribution in [2.45, 2.75) is 25.4 Å². The number of rotatable bonds is 6. The molecule has 2 N–H and O–H groups in total. The van der Waals surface area contributed by atoms with Gasteiger partial charge < -0.3 is 15.2 Å². The number of nitrogens with one attached hydrogen (secondary N) is 2. The van der Waals surface area contributed by atoms with Gasteiger partial charge in [-0.1, -0.05) is 12.1 Å². The van der Waals surface area contributed by atoms with Gasteiger partial charge in [-0.05, 0) is 47.5 Å². The maximum atomic E-state index is 12.2. The first-order valence-electron chi connectivity index (χ1n) is 8.34. The van der Waals surface area contributed by atoms with Gasteiger partial charge in [0, 0.05) is 31.0 Å². The van der Waals surface area contributed by atoms with E-state index in [1.807, 2.05) is 58.0 Å². The summed E-state index contributed by atoms with van der Waals surface area (Å²) in [5, 5.41) is 17.8. The zero-order chi connectivity index (χ0) is 17.1. The fraction of sp³-hybridized carbons (Fsp3) is 0.294. The number of carbonyl (C=O) groups is 1. The number of benzene rings is 1. The van der Waals surface area contributed by atoms with Crippen LogP contribution in [0.15, 0.2) is 48.8 Å². The average Bonchev–Trinajstić information content (AvgIpc) is 3.12. The minimum atomic E-state index is -0.245. The van der Waals surface area contributed by atoms with Gasteiger partial charge in [-0.25, -0.2) is 9.48 Å². The molecule has 3 aromatic rings. The highest BCUT2D eigenvalue weighted by atomic mass is 16.2. The Balaban J connectivity index is 1.43. The van der Waals surface area contributed by atoms with Crippen LogP contribution in [0.2, 0.25) is 0 Å². The van der Waals surface area contributed by atoms with E-state index in [1.54, 1.807) is 0 Å². The maximum absolute atomic E-state index is 12.2. The quantitative estimate of drug-likeness (QED) is 0.722. The van der Waals surface area contributed by atoms with Gasteiger partial charge in [0.1, 0.15) is 0 Å². The summed E-state index contributed by atoms with van der Waals surface area (Å²) >= 11 is 0. The summed E-state index contributed by atoms with van der Waals surface area (Å²) in [4.78, 5) is 12.2. The average molecular weight is 337 g/mol. The van der Waals surface area contributed by atoms with Gasteiger partial charge in [0.25, 0.3) is 0 Å². The van der Waals surface area contributed by atoms with Crippen molar-refractivity contribution in [3.8, 4) is 11.4 Å². The molecule has 25 heavy (non-hydrogen) atoms. The second kappa shape index (κ2) is 6.76. The molecule has 0 saturated heterocycles. The van der Waals surface area contributed by atoms with E-state index in [-0.39, 0.29) is 6.03 Å². The largest absolute Gasteiger partial charge is 0.353 e. The van der Waals surface area contributed by atoms with Gasteiger partial charge in [-0.15, -0.1) is 5.10 Å². The number of tetrazole rings is 1. The molecule has 0 aliphatic heterocycles. The molecule has 2 amide bonds. The zero-order valence-corrected chi connectivity index (χ0v) is 13.7.